The zero-order valence-corrected chi connectivity index (χ0v) is 11.7. The van der Waals surface area contributed by atoms with Crippen molar-refractivity contribution in [1.82, 2.24) is 0 Å². The highest BCUT2D eigenvalue weighted by Crippen LogP contribution is 2.65. The molecule has 0 radical (unpaired) electrons. The first kappa shape index (κ1) is 12.9. The van der Waals surface area contributed by atoms with Crippen molar-refractivity contribution in [2.24, 2.45) is 10.8 Å². The molecule has 5 nitrogen and oxygen atoms in total. The van der Waals surface area contributed by atoms with Crippen molar-refractivity contribution in [2.45, 2.75) is 51.7 Å². The number of hydrogen-bond acceptors (Lipinski definition) is 5. The molecule has 1 saturated carbocycles. The third-order valence-electron chi connectivity index (χ3n) is 5.57. The van der Waals surface area contributed by atoms with Gasteiger partial charge in [-0.1, -0.05) is 13.8 Å². The second-order valence-electron chi connectivity index (χ2n) is 6.56. The topological polar surface area (TPSA) is 61.8 Å². The van der Waals surface area contributed by atoms with Gasteiger partial charge in [0.2, 0.25) is 5.60 Å². The fraction of sp³-hybridized carbons (Fsp3) is 0.857. The van der Waals surface area contributed by atoms with Gasteiger partial charge in [-0.2, -0.15) is 0 Å². The highest BCUT2D eigenvalue weighted by Gasteiger charge is 2.76. The Kier molecular flexibility index (Phi) is 2.53. The van der Waals surface area contributed by atoms with E-state index >= 15 is 0 Å². The lowest BCUT2D eigenvalue weighted by molar-refractivity contribution is -0.187. The molecule has 2 saturated heterocycles. The Labute approximate surface area is 112 Å². The molecule has 2 heterocycles. The Morgan fingerprint density at radius 3 is 2.53 bits per heavy atom. The molecule has 2 aliphatic heterocycles. The smallest absolute Gasteiger partial charge is 0.351 e. The summed E-state index contributed by atoms with van der Waals surface area (Å²) >= 11 is 0. The minimum atomic E-state index is -1.11. The SMILES string of the molecule is CC12CCC(C(=O)OC3CCOC3)(OC1=O)C2(C)C. The van der Waals surface area contributed by atoms with Gasteiger partial charge in [-0.15, -0.1) is 0 Å². The zero-order chi connectivity index (χ0) is 13.9. The van der Waals surface area contributed by atoms with Gasteiger partial charge in [0.1, 0.15) is 6.10 Å². The number of carbonyl (C=O) groups excluding carboxylic acids is 2. The first-order valence-corrected chi connectivity index (χ1v) is 6.86. The average Bonchev–Trinajstić information content (AvgIpc) is 2.94. The molecule has 0 N–H and O–H groups in total. The van der Waals surface area contributed by atoms with Crippen LogP contribution < -0.4 is 0 Å². The van der Waals surface area contributed by atoms with Gasteiger partial charge in [-0.25, -0.2) is 4.79 Å². The van der Waals surface area contributed by atoms with Crippen molar-refractivity contribution in [3.05, 3.63) is 0 Å². The van der Waals surface area contributed by atoms with Crippen LogP contribution in [0.4, 0.5) is 0 Å². The molecular formula is C14H20O5. The van der Waals surface area contributed by atoms with Crippen LogP contribution >= 0.6 is 0 Å². The summed E-state index contributed by atoms with van der Waals surface area (Å²) < 4.78 is 16.2. The van der Waals surface area contributed by atoms with E-state index in [1.165, 1.54) is 0 Å². The Hall–Kier alpha value is -1.10. The van der Waals surface area contributed by atoms with Gasteiger partial charge >= 0.3 is 11.9 Å². The van der Waals surface area contributed by atoms with Crippen LogP contribution in [0.15, 0.2) is 0 Å². The van der Waals surface area contributed by atoms with Crippen LogP contribution in [-0.2, 0) is 23.8 Å². The summed E-state index contributed by atoms with van der Waals surface area (Å²) in [5.74, 6) is -0.675. The summed E-state index contributed by atoms with van der Waals surface area (Å²) in [6.45, 7) is 6.80. The molecule has 2 bridgehead atoms. The van der Waals surface area contributed by atoms with Gasteiger partial charge < -0.3 is 14.2 Å². The minimum Gasteiger partial charge on any atom is -0.457 e. The first-order valence-electron chi connectivity index (χ1n) is 6.86. The highest BCUT2D eigenvalue weighted by atomic mass is 16.6. The van der Waals surface area contributed by atoms with E-state index in [2.05, 4.69) is 0 Å². The molecule has 3 unspecified atom stereocenters. The van der Waals surface area contributed by atoms with E-state index in [1.54, 1.807) is 0 Å². The fourth-order valence-electron chi connectivity index (χ4n) is 3.55. The molecule has 3 atom stereocenters. The van der Waals surface area contributed by atoms with E-state index in [0.717, 1.165) is 0 Å². The fourth-order valence-corrected chi connectivity index (χ4v) is 3.55. The predicted molar refractivity (Wildman–Crippen MR) is 65.3 cm³/mol. The molecule has 0 aromatic carbocycles. The van der Waals surface area contributed by atoms with E-state index in [-0.39, 0.29) is 12.1 Å². The largest absolute Gasteiger partial charge is 0.457 e. The molecule has 0 aromatic rings. The maximum atomic E-state index is 12.5. The molecule has 0 spiro atoms. The minimum absolute atomic E-state index is 0.205. The molecule has 3 aliphatic rings. The Morgan fingerprint density at radius 2 is 2.05 bits per heavy atom. The van der Waals surface area contributed by atoms with Crippen LogP contribution in [0.5, 0.6) is 0 Å². The lowest BCUT2D eigenvalue weighted by Crippen LogP contribution is -2.49. The second-order valence-corrected chi connectivity index (χ2v) is 6.56. The Balaban J connectivity index is 1.87. The molecule has 5 heteroatoms. The standard InChI is InChI=1S/C14H20O5/c1-12(2)13(3)5-6-14(12,19-10(13)15)11(16)18-9-4-7-17-8-9/h9H,4-8H2,1-3H3. The zero-order valence-electron chi connectivity index (χ0n) is 11.7. The van der Waals surface area contributed by atoms with E-state index in [1.807, 2.05) is 20.8 Å². The van der Waals surface area contributed by atoms with Crippen molar-refractivity contribution in [3.63, 3.8) is 0 Å². The quantitative estimate of drug-likeness (QED) is 0.709. The number of hydrogen-bond donors (Lipinski definition) is 0. The molecule has 19 heavy (non-hydrogen) atoms. The van der Waals surface area contributed by atoms with E-state index in [0.29, 0.717) is 32.5 Å². The number of esters is 2. The number of rotatable bonds is 2. The van der Waals surface area contributed by atoms with Gasteiger partial charge in [-0.3, -0.25) is 4.79 Å². The van der Waals surface area contributed by atoms with Crippen molar-refractivity contribution in [2.75, 3.05) is 13.2 Å². The predicted octanol–water partition coefficient (Wildman–Crippen LogP) is 1.44. The molecule has 0 amide bonds. The van der Waals surface area contributed by atoms with Gasteiger partial charge in [-0.05, 0) is 19.8 Å². The molecular weight excluding hydrogens is 248 g/mol. The van der Waals surface area contributed by atoms with E-state index < -0.39 is 22.4 Å². The van der Waals surface area contributed by atoms with Crippen LogP contribution in [0.3, 0.4) is 0 Å². The van der Waals surface area contributed by atoms with Gasteiger partial charge in [0.05, 0.1) is 18.6 Å². The highest BCUT2D eigenvalue weighted by molar-refractivity contribution is 5.93. The average molecular weight is 268 g/mol. The molecule has 3 fully saturated rings. The maximum absolute atomic E-state index is 12.5. The summed E-state index contributed by atoms with van der Waals surface area (Å²) in [6.07, 6.45) is 1.74. The van der Waals surface area contributed by atoms with E-state index in [4.69, 9.17) is 14.2 Å². The van der Waals surface area contributed by atoms with Crippen molar-refractivity contribution in [1.29, 1.82) is 0 Å². The van der Waals surface area contributed by atoms with Crippen molar-refractivity contribution >= 4 is 11.9 Å². The normalized spacial score (nSPS) is 43.3. The first-order chi connectivity index (χ1) is 8.83. The lowest BCUT2D eigenvalue weighted by Gasteiger charge is -2.35. The van der Waals surface area contributed by atoms with Crippen LogP contribution in [0.1, 0.15) is 40.0 Å². The summed E-state index contributed by atoms with van der Waals surface area (Å²) in [4.78, 5) is 24.6. The van der Waals surface area contributed by atoms with Gasteiger partial charge in [0.25, 0.3) is 0 Å². The summed E-state index contributed by atoms with van der Waals surface area (Å²) in [5, 5.41) is 0. The number of carbonyl (C=O) groups is 2. The van der Waals surface area contributed by atoms with Crippen LogP contribution in [0.2, 0.25) is 0 Å². The van der Waals surface area contributed by atoms with Crippen LogP contribution in [0, 0.1) is 10.8 Å². The molecule has 1 aliphatic carbocycles. The monoisotopic (exact) mass is 268 g/mol. The maximum Gasteiger partial charge on any atom is 0.351 e. The summed E-state index contributed by atoms with van der Waals surface area (Å²) in [6, 6.07) is 0. The third kappa shape index (κ3) is 1.39. The van der Waals surface area contributed by atoms with Gasteiger partial charge in [0.15, 0.2) is 0 Å². The van der Waals surface area contributed by atoms with Crippen molar-refractivity contribution < 1.29 is 23.8 Å². The van der Waals surface area contributed by atoms with E-state index in [9.17, 15) is 9.59 Å². The number of ether oxygens (including phenoxy) is 3. The Morgan fingerprint density at radius 1 is 1.32 bits per heavy atom. The van der Waals surface area contributed by atoms with Crippen LogP contribution in [0.25, 0.3) is 0 Å². The van der Waals surface area contributed by atoms with Crippen LogP contribution in [-0.4, -0.2) is 36.9 Å². The second kappa shape index (κ2) is 3.72. The Bertz CT molecular complexity index is 437. The van der Waals surface area contributed by atoms with Crippen molar-refractivity contribution in [3.8, 4) is 0 Å². The summed E-state index contributed by atoms with van der Waals surface area (Å²) in [5.41, 5.74) is -2.23. The molecule has 0 aromatic heterocycles. The number of fused-ring (bicyclic) bond motifs is 2. The third-order valence-corrected chi connectivity index (χ3v) is 5.57. The van der Waals surface area contributed by atoms with Gasteiger partial charge in [0, 0.05) is 11.8 Å². The molecule has 106 valence electrons. The summed E-state index contributed by atoms with van der Waals surface area (Å²) in [7, 11) is 0. The molecule has 3 rings (SSSR count). The lowest BCUT2D eigenvalue weighted by atomic mass is 9.66.